The molecule has 0 saturated heterocycles. The molecule has 110 valence electrons. The van der Waals surface area contributed by atoms with Crippen molar-refractivity contribution in [1.29, 1.82) is 0 Å². The van der Waals surface area contributed by atoms with Gasteiger partial charge in [-0.1, -0.05) is 13.8 Å². The van der Waals surface area contributed by atoms with Crippen LogP contribution in [0.1, 0.15) is 38.4 Å². The number of hydrogen-bond acceptors (Lipinski definition) is 5. The maximum absolute atomic E-state index is 11.8. The highest BCUT2D eigenvalue weighted by atomic mass is 16.2. The maximum Gasteiger partial charge on any atom is 0.239 e. The number of nitrogens with one attached hydrogen (secondary N) is 1. The number of likely N-dealkylation sites (N-methyl/N-ethyl adjacent to an activating group) is 1. The molecule has 1 amide bonds. The van der Waals surface area contributed by atoms with Gasteiger partial charge in [0.25, 0.3) is 0 Å². The third kappa shape index (κ3) is 4.08. The molecule has 1 aliphatic rings. The normalized spacial score (nSPS) is 14.4. The number of amides is 1. The van der Waals surface area contributed by atoms with Crippen LogP contribution >= 0.6 is 0 Å². The average molecular weight is 277 g/mol. The van der Waals surface area contributed by atoms with E-state index >= 15 is 0 Å². The summed E-state index contributed by atoms with van der Waals surface area (Å²) < 4.78 is 0. The van der Waals surface area contributed by atoms with Gasteiger partial charge < -0.3 is 16.0 Å². The molecule has 3 N–H and O–H groups in total. The van der Waals surface area contributed by atoms with Gasteiger partial charge in [0.15, 0.2) is 0 Å². The summed E-state index contributed by atoms with van der Waals surface area (Å²) in [4.78, 5) is 22.4. The van der Waals surface area contributed by atoms with Crippen LogP contribution in [0.5, 0.6) is 0 Å². The van der Waals surface area contributed by atoms with Gasteiger partial charge in [0.2, 0.25) is 5.91 Å². The summed E-state index contributed by atoms with van der Waals surface area (Å²) in [5.74, 6) is 2.85. The lowest BCUT2D eigenvalue weighted by Crippen LogP contribution is -2.37. The van der Waals surface area contributed by atoms with E-state index in [-0.39, 0.29) is 12.5 Å². The van der Waals surface area contributed by atoms with E-state index in [2.05, 4.69) is 29.1 Å². The van der Waals surface area contributed by atoms with Crippen LogP contribution in [0, 0.1) is 5.92 Å². The largest absolute Gasteiger partial charge is 0.384 e. The van der Waals surface area contributed by atoms with Crippen molar-refractivity contribution in [3.8, 4) is 0 Å². The molecule has 20 heavy (non-hydrogen) atoms. The molecule has 6 nitrogen and oxygen atoms in total. The van der Waals surface area contributed by atoms with E-state index in [1.807, 2.05) is 7.05 Å². The molecule has 0 spiro atoms. The molecule has 0 aromatic carbocycles. The minimum absolute atomic E-state index is 0.00800. The van der Waals surface area contributed by atoms with E-state index in [9.17, 15) is 4.79 Å². The van der Waals surface area contributed by atoms with Crippen molar-refractivity contribution >= 4 is 17.5 Å². The number of carbonyl (C=O) groups excluding carboxylic acids is 1. The molecule has 1 aromatic rings. The third-order valence-corrected chi connectivity index (χ3v) is 3.17. The smallest absolute Gasteiger partial charge is 0.239 e. The van der Waals surface area contributed by atoms with Gasteiger partial charge in [0, 0.05) is 25.6 Å². The fourth-order valence-electron chi connectivity index (χ4n) is 1.86. The number of aromatic nitrogens is 2. The summed E-state index contributed by atoms with van der Waals surface area (Å²) in [5.41, 5.74) is 5.81. The van der Waals surface area contributed by atoms with Crippen LogP contribution in [-0.2, 0) is 4.79 Å². The van der Waals surface area contributed by atoms with Gasteiger partial charge in [0.05, 0.1) is 6.54 Å². The molecule has 0 atom stereocenters. The number of nitrogens with two attached hydrogens (primary N) is 1. The molecule has 1 aromatic heterocycles. The van der Waals surface area contributed by atoms with Crippen molar-refractivity contribution in [2.24, 2.45) is 5.92 Å². The lowest BCUT2D eigenvalue weighted by molar-refractivity contribution is -0.119. The van der Waals surface area contributed by atoms with Crippen molar-refractivity contribution in [3.05, 3.63) is 11.9 Å². The van der Waals surface area contributed by atoms with Crippen LogP contribution in [0.4, 0.5) is 11.6 Å². The second-order valence-electron chi connectivity index (χ2n) is 5.84. The predicted molar refractivity (Wildman–Crippen MR) is 79.5 cm³/mol. The van der Waals surface area contributed by atoms with E-state index in [4.69, 9.17) is 5.73 Å². The molecule has 1 aliphatic carbocycles. The molecule has 0 bridgehead atoms. The lowest BCUT2D eigenvalue weighted by Gasteiger charge is -2.19. The molecule has 1 fully saturated rings. The van der Waals surface area contributed by atoms with Gasteiger partial charge >= 0.3 is 0 Å². The van der Waals surface area contributed by atoms with Crippen LogP contribution in [0.3, 0.4) is 0 Å². The predicted octanol–water partition coefficient (Wildman–Crippen LogP) is 1.14. The fourth-order valence-corrected chi connectivity index (χ4v) is 1.86. The minimum Gasteiger partial charge on any atom is -0.384 e. The van der Waals surface area contributed by atoms with Crippen molar-refractivity contribution < 1.29 is 4.79 Å². The zero-order valence-electron chi connectivity index (χ0n) is 12.4. The number of nitrogen functional groups attached to an aromatic ring is 1. The SMILES string of the molecule is CC(C)CNC(=O)CN(C)c1cc(N)nc(C2CC2)n1. The van der Waals surface area contributed by atoms with Crippen molar-refractivity contribution in [2.45, 2.75) is 32.6 Å². The average Bonchev–Trinajstić information content (AvgIpc) is 3.19. The van der Waals surface area contributed by atoms with Crippen LogP contribution in [-0.4, -0.2) is 36.0 Å². The summed E-state index contributed by atoms with van der Waals surface area (Å²) in [5, 5.41) is 2.89. The molecular weight excluding hydrogens is 254 g/mol. The highest BCUT2D eigenvalue weighted by molar-refractivity contribution is 5.80. The summed E-state index contributed by atoms with van der Waals surface area (Å²) in [6.07, 6.45) is 2.25. The summed E-state index contributed by atoms with van der Waals surface area (Å²) in [6.45, 7) is 5.09. The van der Waals surface area contributed by atoms with Crippen molar-refractivity contribution in [3.63, 3.8) is 0 Å². The van der Waals surface area contributed by atoms with E-state index < -0.39 is 0 Å². The van der Waals surface area contributed by atoms with Crippen molar-refractivity contribution in [2.75, 3.05) is 30.8 Å². The Labute approximate surface area is 119 Å². The van der Waals surface area contributed by atoms with Crippen LogP contribution in [0.15, 0.2) is 6.07 Å². The Balaban J connectivity index is 1.97. The number of carbonyl (C=O) groups is 1. The Morgan fingerprint density at radius 2 is 2.20 bits per heavy atom. The Bertz CT molecular complexity index is 484. The van der Waals surface area contributed by atoms with E-state index in [0.29, 0.717) is 30.0 Å². The molecule has 1 saturated carbocycles. The summed E-state index contributed by atoms with van der Waals surface area (Å²) in [7, 11) is 1.84. The van der Waals surface area contributed by atoms with Crippen molar-refractivity contribution in [1.82, 2.24) is 15.3 Å². The van der Waals surface area contributed by atoms with Gasteiger partial charge in [-0.25, -0.2) is 9.97 Å². The van der Waals surface area contributed by atoms with Gasteiger partial charge in [-0.05, 0) is 18.8 Å². The number of rotatable bonds is 6. The Morgan fingerprint density at radius 3 is 2.80 bits per heavy atom. The molecule has 0 unspecified atom stereocenters. The van der Waals surface area contributed by atoms with Crippen LogP contribution in [0.25, 0.3) is 0 Å². The molecule has 0 radical (unpaired) electrons. The quantitative estimate of drug-likeness (QED) is 0.814. The minimum atomic E-state index is -0.00800. The summed E-state index contributed by atoms with van der Waals surface area (Å²) >= 11 is 0. The highest BCUT2D eigenvalue weighted by Crippen LogP contribution is 2.38. The van der Waals surface area contributed by atoms with Crippen LogP contribution in [0.2, 0.25) is 0 Å². The Morgan fingerprint density at radius 1 is 1.50 bits per heavy atom. The lowest BCUT2D eigenvalue weighted by atomic mass is 10.2. The fraction of sp³-hybridized carbons (Fsp3) is 0.643. The summed E-state index contributed by atoms with van der Waals surface area (Å²) in [6, 6.07) is 1.71. The second-order valence-corrected chi connectivity index (χ2v) is 5.84. The van der Waals surface area contributed by atoms with E-state index in [1.165, 1.54) is 0 Å². The first kappa shape index (κ1) is 14.6. The number of nitrogens with zero attached hydrogens (tertiary/aromatic N) is 3. The molecular formula is C14H23N5O. The third-order valence-electron chi connectivity index (χ3n) is 3.17. The molecule has 1 heterocycles. The highest BCUT2D eigenvalue weighted by Gasteiger charge is 2.27. The maximum atomic E-state index is 11.8. The zero-order valence-corrected chi connectivity index (χ0v) is 12.4. The first-order chi connectivity index (χ1) is 9.45. The monoisotopic (exact) mass is 277 g/mol. The first-order valence-corrected chi connectivity index (χ1v) is 7.08. The standard InChI is InChI=1S/C14H23N5O/c1-9(2)7-16-13(20)8-19(3)12-6-11(15)17-14(18-12)10-4-5-10/h6,9-10H,4-5,7-8H2,1-3H3,(H,16,20)(H2,15,17,18). The second kappa shape index (κ2) is 6.07. The van der Waals surface area contributed by atoms with E-state index in [1.54, 1.807) is 11.0 Å². The van der Waals surface area contributed by atoms with Gasteiger partial charge in [-0.3, -0.25) is 4.79 Å². The van der Waals surface area contributed by atoms with Gasteiger partial charge in [0.1, 0.15) is 17.5 Å². The van der Waals surface area contributed by atoms with Gasteiger partial charge in [-0.15, -0.1) is 0 Å². The molecule has 0 aliphatic heterocycles. The van der Waals surface area contributed by atoms with Crippen LogP contribution < -0.4 is 16.0 Å². The Kier molecular flexibility index (Phi) is 4.42. The first-order valence-electron chi connectivity index (χ1n) is 7.08. The topological polar surface area (TPSA) is 84.1 Å². The Hall–Kier alpha value is -1.85. The number of hydrogen-bond donors (Lipinski definition) is 2. The molecule has 2 rings (SSSR count). The van der Waals surface area contributed by atoms with E-state index in [0.717, 1.165) is 18.7 Å². The number of anilines is 2. The zero-order chi connectivity index (χ0) is 14.7. The molecule has 6 heteroatoms. The van der Waals surface area contributed by atoms with Gasteiger partial charge in [-0.2, -0.15) is 0 Å².